The standard InChI is InChI=1S/C12H11N3O2/c16-12-14-10-4-3-8(6-11(10)15-12)13-7-9-2-1-5-17-9/h1-6,13H,7H2,(H2,14,15,16). The maximum absolute atomic E-state index is 11.1. The van der Waals surface area contributed by atoms with Crippen molar-refractivity contribution in [3.05, 3.63) is 52.8 Å². The predicted octanol–water partition coefficient (Wildman–Crippen LogP) is 2.06. The Hall–Kier alpha value is -2.43. The van der Waals surface area contributed by atoms with Gasteiger partial charge in [0.25, 0.3) is 0 Å². The van der Waals surface area contributed by atoms with Crippen LogP contribution in [-0.2, 0) is 6.54 Å². The van der Waals surface area contributed by atoms with Gasteiger partial charge in [-0.15, -0.1) is 0 Å². The zero-order valence-corrected chi connectivity index (χ0v) is 8.99. The fraction of sp³-hybridized carbons (Fsp3) is 0.0833. The molecule has 2 heterocycles. The number of H-pyrrole nitrogens is 2. The van der Waals surface area contributed by atoms with E-state index in [1.807, 2.05) is 30.3 Å². The van der Waals surface area contributed by atoms with Crippen molar-refractivity contribution in [2.24, 2.45) is 0 Å². The van der Waals surface area contributed by atoms with Gasteiger partial charge < -0.3 is 19.7 Å². The van der Waals surface area contributed by atoms with Crippen LogP contribution in [0.15, 0.2) is 45.8 Å². The fourth-order valence-corrected chi connectivity index (χ4v) is 1.74. The lowest BCUT2D eigenvalue weighted by Gasteiger charge is -2.03. The third-order valence-electron chi connectivity index (χ3n) is 2.56. The third kappa shape index (κ3) is 1.94. The van der Waals surface area contributed by atoms with E-state index in [-0.39, 0.29) is 5.69 Å². The van der Waals surface area contributed by atoms with E-state index >= 15 is 0 Å². The summed E-state index contributed by atoms with van der Waals surface area (Å²) in [5.74, 6) is 0.868. The molecule has 3 aromatic rings. The number of aromatic nitrogens is 2. The molecule has 5 heteroatoms. The smallest absolute Gasteiger partial charge is 0.323 e. The highest BCUT2D eigenvalue weighted by Gasteiger charge is 2.00. The number of hydrogen-bond donors (Lipinski definition) is 3. The Morgan fingerprint density at radius 1 is 1.18 bits per heavy atom. The molecule has 5 nitrogen and oxygen atoms in total. The van der Waals surface area contributed by atoms with Gasteiger partial charge in [0, 0.05) is 5.69 Å². The predicted molar refractivity (Wildman–Crippen MR) is 65.0 cm³/mol. The normalized spacial score (nSPS) is 10.8. The maximum atomic E-state index is 11.1. The largest absolute Gasteiger partial charge is 0.467 e. The molecule has 0 unspecified atom stereocenters. The molecular formula is C12H11N3O2. The zero-order valence-electron chi connectivity index (χ0n) is 8.99. The molecule has 0 aliphatic carbocycles. The van der Waals surface area contributed by atoms with E-state index in [2.05, 4.69) is 15.3 Å². The molecule has 0 fully saturated rings. The van der Waals surface area contributed by atoms with Gasteiger partial charge >= 0.3 is 5.69 Å². The van der Waals surface area contributed by atoms with E-state index < -0.39 is 0 Å². The van der Waals surface area contributed by atoms with Crippen LogP contribution in [0.2, 0.25) is 0 Å². The molecule has 0 aliphatic heterocycles. The molecule has 86 valence electrons. The Kier molecular flexibility index (Phi) is 2.22. The minimum absolute atomic E-state index is 0.191. The molecule has 0 spiro atoms. The first-order chi connectivity index (χ1) is 8.31. The molecular weight excluding hydrogens is 218 g/mol. The Morgan fingerprint density at radius 2 is 2.06 bits per heavy atom. The van der Waals surface area contributed by atoms with E-state index in [9.17, 15) is 4.79 Å². The lowest BCUT2D eigenvalue weighted by atomic mass is 10.2. The molecule has 0 radical (unpaired) electrons. The van der Waals surface area contributed by atoms with E-state index in [1.54, 1.807) is 6.26 Å². The number of rotatable bonds is 3. The highest BCUT2D eigenvalue weighted by molar-refractivity contribution is 5.78. The molecule has 17 heavy (non-hydrogen) atoms. The van der Waals surface area contributed by atoms with Crippen molar-refractivity contribution >= 4 is 16.7 Å². The second-order valence-electron chi connectivity index (χ2n) is 3.77. The quantitative estimate of drug-likeness (QED) is 0.643. The first-order valence-electron chi connectivity index (χ1n) is 5.29. The number of aromatic amines is 2. The average molecular weight is 229 g/mol. The summed E-state index contributed by atoms with van der Waals surface area (Å²) in [5, 5.41) is 3.22. The summed E-state index contributed by atoms with van der Waals surface area (Å²) >= 11 is 0. The van der Waals surface area contributed by atoms with Crippen molar-refractivity contribution in [1.82, 2.24) is 9.97 Å². The number of fused-ring (bicyclic) bond motifs is 1. The van der Waals surface area contributed by atoms with Gasteiger partial charge in [0.1, 0.15) is 5.76 Å². The SMILES string of the molecule is O=c1[nH]c2ccc(NCc3ccco3)cc2[nH]1. The molecule has 0 bridgehead atoms. The van der Waals surface area contributed by atoms with Crippen molar-refractivity contribution in [3.63, 3.8) is 0 Å². The van der Waals surface area contributed by atoms with Crippen LogP contribution in [0.1, 0.15) is 5.76 Å². The van der Waals surface area contributed by atoms with Crippen LogP contribution < -0.4 is 11.0 Å². The summed E-state index contributed by atoms with van der Waals surface area (Å²) in [6, 6.07) is 9.41. The number of furan rings is 1. The molecule has 0 saturated carbocycles. The molecule has 3 N–H and O–H groups in total. The number of anilines is 1. The first-order valence-corrected chi connectivity index (χ1v) is 5.29. The van der Waals surface area contributed by atoms with E-state index in [0.717, 1.165) is 22.5 Å². The van der Waals surface area contributed by atoms with Crippen LogP contribution in [0, 0.1) is 0 Å². The molecule has 3 rings (SSSR count). The molecule has 0 amide bonds. The van der Waals surface area contributed by atoms with Crippen LogP contribution in [-0.4, -0.2) is 9.97 Å². The topological polar surface area (TPSA) is 73.8 Å². The monoisotopic (exact) mass is 229 g/mol. The van der Waals surface area contributed by atoms with Crippen molar-refractivity contribution < 1.29 is 4.42 Å². The van der Waals surface area contributed by atoms with Gasteiger partial charge in [-0.25, -0.2) is 4.79 Å². The molecule has 0 saturated heterocycles. The van der Waals surface area contributed by atoms with Gasteiger partial charge in [-0.3, -0.25) is 0 Å². The third-order valence-corrected chi connectivity index (χ3v) is 2.56. The summed E-state index contributed by atoms with van der Waals surface area (Å²) in [6.07, 6.45) is 1.64. The average Bonchev–Trinajstić information content (AvgIpc) is 2.92. The molecule has 0 aliphatic rings. The van der Waals surface area contributed by atoms with Crippen molar-refractivity contribution in [1.29, 1.82) is 0 Å². The van der Waals surface area contributed by atoms with Gasteiger partial charge in [0.05, 0.1) is 23.8 Å². The fourth-order valence-electron chi connectivity index (χ4n) is 1.74. The van der Waals surface area contributed by atoms with Gasteiger partial charge in [0.2, 0.25) is 0 Å². The van der Waals surface area contributed by atoms with Gasteiger partial charge in [-0.2, -0.15) is 0 Å². The van der Waals surface area contributed by atoms with E-state index in [4.69, 9.17) is 4.42 Å². The molecule has 0 atom stereocenters. The second-order valence-corrected chi connectivity index (χ2v) is 3.77. The lowest BCUT2D eigenvalue weighted by Crippen LogP contribution is -1.99. The summed E-state index contributed by atoms with van der Waals surface area (Å²) in [4.78, 5) is 16.5. The van der Waals surface area contributed by atoms with E-state index in [1.165, 1.54) is 0 Å². The molecule has 1 aromatic carbocycles. The Morgan fingerprint density at radius 3 is 2.88 bits per heavy atom. The summed E-state index contributed by atoms with van der Waals surface area (Å²) in [7, 11) is 0. The van der Waals surface area contributed by atoms with Gasteiger partial charge in [0.15, 0.2) is 0 Å². The molecule has 2 aromatic heterocycles. The van der Waals surface area contributed by atoms with Gasteiger partial charge in [-0.1, -0.05) is 0 Å². The second kappa shape index (κ2) is 3.86. The number of hydrogen-bond acceptors (Lipinski definition) is 3. The Labute approximate surface area is 96.5 Å². The van der Waals surface area contributed by atoms with Crippen LogP contribution in [0.25, 0.3) is 11.0 Å². The number of nitrogens with one attached hydrogen (secondary N) is 3. The first kappa shape index (κ1) is 9.77. The Balaban J connectivity index is 1.83. The number of imidazole rings is 1. The van der Waals surface area contributed by atoms with Crippen molar-refractivity contribution in [2.75, 3.05) is 5.32 Å². The van der Waals surface area contributed by atoms with Crippen LogP contribution in [0.3, 0.4) is 0 Å². The summed E-state index contributed by atoms with van der Waals surface area (Å²) in [6.45, 7) is 0.618. The minimum Gasteiger partial charge on any atom is -0.467 e. The summed E-state index contributed by atoms with van der Waals surface area (Å²) < 4.78 is 5.22. The van der Waals surface area contributed by atoms with Gasteiger partial charge in [-0.05, 0) is 30.3 Å². The van der Waals surface area contributed by atoms with Crippen LogP contribution >= 0.6 is 0 Å². The highest BCUT2D eigenvalue weighted by Crippen LogP contribution is 2.15. The lowest BCUT2D eigenvalue weighted by molar-refractivity contribution is 0.518. The zero-order chi connectivity index (χ0) is 11.7. The van der Waals surface area contributed by atoms with Crippen molar-refractivity contribution in [3.8, 4) is 0 Å². The summed E-state index contributed by atoms with van der Waals surface area (Å²) in [5.41, 5.74) is 2.34. The van der Waals surface area contributed by atoms with Crippen LogP contribution in [0.5, 0.6) is 0 Å². The Bertz CT molecular complexity index is 679. The maximum Gasteiger partial charge on any atom is 0.323 e. The van der Waals surface area contributed by atoms with Crippen molar-refractivity contribution in [2.45, 2.75) is 6.54 Å². The van der Waals surface area contributed by atoms with Crippen LogP contribution in [0.4, 0.5) is 5.69 Å². The highest BCUT2D eigenvalue weighted by atomic mass is 16.3. The van der Waals surface area contributed by atoms with E-state index in [0.29, 0.717) is 6.54 Å². The number of benzene rings is 1. The minimum atomic E-state index is -0.191.